The van der Waals surface area contributed by atoms with Crippen molar-refractivity contribution in [2.75, 3.05) is 19.8 Å². The Morgan fingerprint density at radius 1 is 1.62 bits per heavy atom. The molecule has 0 aliphatic carbocycles. The first-order valence-corrected chi connectivity index (χ1v) is 7.33. The Balaban J connectivity index is 2.17. The molecule has 0 saturated carbocycles. The standard InChI is InChI=1S/C10H11Br2NO2S/c1-6-5-15-3-2-13(6)10(14)8-4-7(11)9(12)16-8/h4,6H,2-3,5H2,1H3/t6-/m1/s1. The van der Waals surface area contributed by atoms with E-state index in [0.29, 0.717) is 19.8 Å². The largest absolute Gasteiger partial charge is 0.377 e. The third-order valence-electron chi connectivity index (χ3n) is 2.48. The van der Waals surface area contributed by atoms with Gasteiger partial charge in [-0.2, -0.15) is 0 Å². The fourth-order valence-electron chi connectivity index (χ4n) is 1.62. The maximum atomic E-state index is 12.2. The highest BCUT2D eigenvalue weighted by Crippen LogP contribution is 2.33. The fourth-order valence-corrected chi connectivity index (χ4v) is 3.61. The molecular formula is C10H11Br2NO2S. The average molecular weight is 369 g/mol. The summed E-state index contributed by atoms with van der Waals surface area (Å²) in [6.45, 7) is 3.94. The Hall–Kier alpha value is 0.0900. The van der Waals surface area contributed by atoms with Crippen LogP contribution in [0, 0.1) is 0 Å². The van der Waals surface area contributed by atoms with Crippen molar-refractivity contribution >= 4 is 49.1 Å². The number of nitrogens with zero attached hydrogens (tertiary/aromatic N) is 1. The van der Waals surface area contributed by atoms with Crippen LogP contribution in [-0.4, -0.2) is 36.6 Å². The molecule has 0 aromatic carbocycles. The van der Waals surface area contributed by atoms with Crippen LogP contribution in [0.4, 0.5) is 0 Å². The minimum atomic E-state index is 0.0900. The molecule has 0 unspecified atom stereocenters. The maximum Gasteiger partial charge on any atom is 0.264 e. The summed E-state index contributed by atoms with van der Waals surface area (Å²) >= 11 is 8.25. The van der Waals surface area contributed by atoms with Gasteiger partial charge in [-0.25, -0.2) is 0 Å². The number of amides is 1. The molecule has 1 saturated heterocycles. The highest BCUT2D eigenvalue weighted by atomic mass is 79.9. The lowest BCUT2D eigenvalue weighted by Crippen LogP contribution is -2.46. The molecule has 0 bridgehead atoms. The van der Waals surface area contributed by atoms with Crippen LogP contribution in [-0.2, 0) is 4.74 Å². The van der Waals surface area contributed by atoms with Crippen LogP contribution in [0.25, 0.3) is 0 Å². The molecular weight excluding hydrogens is 358 g/mol. The lowest BCUT2D eigenvalue weighted by atomic mass is 10.2. The van der Waals surface area contributed by atoms with Crippen LogP contribution in [0.15, 0.2) is 14.3 Å². The smallest absolute Gasteiger partial charge is 0.264 e. The Morgan fingerprint density at radius 2 is 2.38 bits per heavy atom. The van der Waals surface area contributed by atoms with Gasteiger partial charge in [-0.1, -0.05) is 0 Å². The number of morpholine rings is 1. The summed E-state index contributed by atoms with van der Waals surface area (Å²) in [6, 6.07) is 2.01. The molecule has 0 radical (unpaired) electrons. The van der Waals surface area contributed by atoms with E-state index in [1.54, 1.807) is 0 Å². The number of thiophene rings is 1. The normalized spacial score (nSPS) is 21.2. The minimum absolute atomic E-state index is 0.0900. The summed E-state index contributed by atoms with van der Waals surface area (Å²) < 4.78 is 7.21. The van der Waals surface area contributed by atoms with Gasteiger partial charge in [0.2, 0.25) is 0 Å². The van der Waals surface area contributed by atoms with Gasteiger partial charge in [-0.05, 0) is 44.8 Å². The van der Waals surface area contributed by atoms with E-state index in [9.17, 15) is 4.79 Å². The fraction of sp³-hybridized carbons (Fsp3) is 0.500. The monoisotopic (exact) mass is 367 g/mol. The van der Waals surface area contributed by atoms with E-state index in [1.165, 1.54) is 11.3 Å². The SMILES string of the molecule is C[C@@H]1COCCN1C(=O)c1cc(Br)c(Br)s1. The zero-order chi connectivity index (χ0) is 11.7. The molecule has 16 heavy (non-hydrogen) atoms. The van der Waals surface area contributed by atoms with Gasteiger partial charge < -0.3 is 9.64 Å². The first-order valence-electron chi connectivity index (χ1n) is 4.93. The summed E-state index contributed by atoms with van der Waals surface area (Å²) in [4.78, 5) is 14.8. The average Bonchev–Trinajstić information content (AvgIpc) is 2.59. The second kappa shape index (κ2) is 5.16. The van der Waals surface area contributed by atoms with Gasteiger partial charge in [-0.15, -0.1) is 11.3 Å². The number of carbonyl (C=O) groups is 1. The van der Waals surface area contributed by atoms with Crippen LogP contribution in [0.1, 0.15) is 16.6 Å². The highest BCUT2D eigenvalue weighted by molar-refractivity contribution is 9.13. The van der Waals surface area contributed by atoms with Crippen molar-refractivity contribution in [3.05, 3.63) is 19.2 Å². The zero-order valence-corrected chi connectivity index (χ0v) is 12.7. The Labute approximate surface area is 115 Å². The van der Waals surface area contributed by atoms with Crippen molar-refractivity contribution in [2.24, 2.45) is 0 Å². The predicted octanol–water partition coefficient (Wildman–Crippen LogP) is 3.13. The molecule has 1 amide bonds. The maximum absolute atomic E-state index is 12.2. The Kier molecular flexibility index (Phi) is 4.05. The lowest BCUT2D eigenvalue weighted by Gasteiger charge is -2.32. The number of hydrogen-bond acceptors (Lipinski definition) is 3. The second-order valence-electron chi connectivity index (χ2n) is 3.65. The van der Waals surface area contributed by atoms with Crippen LogP contribution in [0.5, 0.6) is 0 Å². The van der Waals surface area contributed by atoms with Crippen molar-refractivity contribution < 1.29 is 9.53 Å². The third-order valence-corrected chi connectivity index (χ3v) is 5.73. The van der Waals surface area contributed by atoms with Crippen molar-refractivity contribution in [1.82, 2.24) is 4.90 Å². The zero-order valence-electron chi connectivity index (χ0n) is 8.70. The summed E-state index contributed by atoms with van der Waals surface area (Å²) in [7, 11) is 0. The van der Waals surface area contributed by atoms with Gasteiger partial charge in [0.05, 0.1) is 27.9 Å². The highest BCUT2D eigenvalue weighted by Gasteiger charge is 2.26. The molecule has 1 atom stereocenters. The summed E-state index contributed by atoms with van der Waals surface area (Å²) in [5.41, 5.74) is 0. The summed E-state index contributed by atoms with van der Waals surface area (Å²) in [6.07, 6.45) is 0. The molecule has 3 nitrogen and oxygen atoms in total. The van der Waals surface area contributed by atoms with E-state index < -0.39 is 0 Å². The van der Waals surface area contributed by atoms with Crippen molar-refractivity contribution in [3.63, 3.8) is 0 Å². The molecule has 1 aromatic rings. The molecule has 2 rings (SSSR count). The van der Waals surface area contributed by atoms with Crippen molar-refractivity contribution in [3.8, 4) is 0 Å². The Morgan fingerprint density at radius 3 is 2.94 bits per heavy atom. The molecule has 1 aromatic heterocycles. The number of rotatable bonds is 1. The van der Waals surface area contributed by atoms with Crippen LogP contribution in [0.3, 0.4) is 0 Å². The van der Waals surface area contributed by atoms with Gasteiger partial charge in [0, 0.05) is 11.0 Å². The molecule has 88 valence electrons. The van der Waals surface area contributed by atoms with Gasteiger partial charge in [0.25, 0.3) is 5.91 Å². The van der Waals surface area contributed by atoms with Crippen LogP contribution in [0.2, 0.25) is 0 Å². The number of ether oxygens (including phenoxy) is 1. The molecule has 2 heterocycles. The third kappa shape index (κ3) is 2.50. The van der Waals surface area contributed by atoms with E-state index in [2.05, 4.69) is 31.9 Å². The van der Waals surface area contributed by atoms with Gasteiger partial charge in [0.15, 0.2) is 0 Å². The van der Waals surface area contributed by atoms with E-state index in [-0.39, 0.29) is 11.9 Å². The van der Waals surface area contributed by atoms with Crippen LogP contribution < -0.4 is 0 Å². The molecule has 6 heteroatoms. The summed E-state index contributed by atoms with van der Waals surface area (Å²) in [5, 5.41) is 0. The van der Waals surface area contributed by atoms with E-state index in [1.807, 2.05) is 17.9 Å². The second-order valence-corrected chi connectivity index (χ2v) is 6.88. The van der Waals surface area contributed by atoms with Crippen LogP contribution >= 0.6 is 43.2 Å². The topological polar surface area (TPSA) is 29.5 Å². The summed E-state index contributed by atoms with van der Waals surface area (Å²) in [5.74, 6) is 0.0900. The molecule has 0 N–H and O–H groups in total. The predicted molar refractivity (Wildman–Crippen MR) is 71.0 cm³/mol. The quantitative estimate of drug-likeness (QED) is 0.762. The number of carbonyl (C=O) groups excluding carboxylic acids is 1. The van der Waals surface area contributed by atoms with E-state index in [0.717, 1.165) is 13.1 Å². The van der Waals surface area contributed by atoms with Gasteiger partial charge in [0.1, 0.15) is 0 Å². The number of hydrogen-bond donors (Lipinski definition) is 0. The van der Waals surface area contributed by atoms with Gasteiger partial charge >= 0.3 is 0 Å². The molecule has 1 fully saturated rings. The number of halogens is 2. The molecule has 1 aliphatic rings. The van der Waals surface area contributed by atoms with E-state index in [4.69, 9.17) is 4.74 Å². The van der Waals surface area contributed by atoms with Crippen molar-refractivity contribution in [1.29, 1.82) is 0 Å². The molecule has 1 aliphatic heterocycles. The first-order chi connectivity index (χ1) is 7.59. The van der Waals surface area contributed by atoms with Gasteiger partial charge in [-0.3, -0.25) is 4.79 Å². The minimum Gasteiger partial charge on any atom is -0.377 e. The lowest BCUT2D eigenvalue weighted by molar-refractivity contribution is 0.00387. The van der Waals surface area contributed by atoms with E-state index >= 15 is 0 Å². The first kappa shape index (κ1) is 12.5. The van der Waals surface area contributed by atoms with Crippen molar-refractivity contribution in [2.45, 2.75) is 13.0 Å². The molecule has 0 spiro atoms. The Bertz CT molecular complexity index is 388.